The van der Waals surface area contributed by atoms with E-state index in [0.29, 0.717) is 18.2 Å². The summed E-state index contributed by atoms with van der Waals surface area (Å²) in [5, 5.41) is 2.26. The third kappa shape index (κ3) is 7.71. The minimum Gasteiger partial charge on any atom is -0.457 e. The zero-order chi connectivity index (χ0) is 46.1. The van der Waals surface area contributed by atoms with Gasteiger partial charge in [0.25, 0.3) is 0 Å². The van der Waals surface area contributed by atoms with Crippen molar-refractivity contribution in [1.82, 2.24) is 9.55 Å². The third-order valence-electron chi connectivity index (χ3n) is 12.7. The van der Waals surface area contributed by atoms with Gasteiger partial charge in [0.1, 0.15) is 29.8 Å². The van der Waals surface area contributed by atoms with Crippen LogP contribution < -0.4 is 14.5 Å². The van der Waals surface area contributed by atoms with Gasteiger partial charge in [0, 0.05) is 41.7 Å². The second-order valence-electron chi connectivity index (χ2n) is 19.5. The molecule has 0 spiro atoms. The van der Waals surface area contributed by atoms with Crippen molar-refractivity contribution in [2.75, 3.05) is 16.5 Å². The first-order valence-corrected chi connectivity index (χ1v) is 22.5. The number of pyridine rings is 1. The van der Waals surface area contributed by atoms with Crippen molar-refractivity contribution < 1.29 is 10.5 Å². The third-order valence-corrected chi connectivity index (χ3v) is 12.7. The Balaban J connectivity index is 1.13. The Bertz CT molecular complexity index is 3300. The lowest BCUT2D eigenvalue weighted by molar-refractivity contribution is 0.483. The van der Waals surface area contributed by atoms with Crippen LogP contribution in [-0.4, -0.2) is 16.2 Å². The maximum absolute atomic E-state index is 14.3. The van der Waals surface area contributed by atoms with Crippen molar-refractivity contribution in [3.05, 3.63) is 192 Å². The highest BCUT2D eigenvalue weighted by molar-refractivity contribution is 6.09. The molecule has 1 aliphatic rings. The summed E-state index contributed by atoms with van der Waals surface area (Å²) in [6, 6.07) is 55.6. The summed E-state index contributed by atoms with van der Waals surface area (Å²) in [4.78, 5) is 9.66. The molecular weight excluding hydrogens is 800 g/mol. The minimum absolute atomic E-state index is 0.0466. The zero-order valence-electron chi connectivity index (χ0n) is 39.4. The molecule has 5 nitrogen and oxygen atoms in total. The van der Waals surface area contributed by atoms with Gasteiger partial charge in [-0.05, 0) is 117 Å². The maximum atomic E-state index is 14.3. The van der Waals surface area contributed by atoms with E-state index in [9.17, 15) is 5.76 Å². The summed E-state index contributed by atoms with van der Waals surface area (Å²) >= 11 is 0. The Hall–Kier alpha value is -7.18. The quantitative estimate of drug-likeness (QED) is 0.152. The average Bonchev–Trinajstić information content (AvgIpc) is 3.84. The molecule has 1 aliphatic heterocycles. The molecule has 65 heavy (non-hydrogen) atoms. The first-order valence-electron chi connectivity index (χ1n) is 23.0. The van der Waals surface area contributed by atoms with Crippen LogP contribution in [0.1, 0.15) is 79.3 Å². The molecular formula is C59H55FN4O. The normalized spacial score (nSPS) is 13.4. The lowest BCUT2D eigenvalue weighted by atomic mass is 9.83. The topological polar surface area (TPSA) is 33.5 Å². The van der Waals surface area contributed by atoms with Crippen LogP contribution in [0.4, 0.5) is 27.1 Å². The largest absolute Gasteiger partial charge is 0.457 e. The maximum Gasteiger partial charge on any atom is 0.137 e. The van der Waals surface area contributed by atoms with Crippen molar-refractivity contribution >= 4 is 44.6 Å². The molecule has 2 aromatic heterocycles. The standard InChI is InChI=1S/C59H55FN4O/c1-38(2)46-16-9-10-17-47(46)40-32-43(62-37-63(54-23-14-13-22-53(54)62)57-48(39-24-26-42(60)27-25-39)19-15-20-51(57)59(6,7)8)35-45(33-40)65-44-28-29-50-49-18-11-12-21-52(49)64(55(50)36-44)56-34-41(30-31-61-56)58(3,4)5/h9-36,38H,37H2,1-8H3/i38D. The van der Waals surface area contributed by atoms with E-state index in [1.54, 1.807) is 0 Å². The van der Waals surface area contributed by atoms with Gasteiger partial charge in [-0.3, -0.25) is 4.57 Å². The number of para-hydroxylation sites is 4. The number of benzene rings is 7. The zero-order valence-corrected chi connectivity index (χ0v) is 38.4. The lowest BCUT2D eigenvalue weighted by Gasteiger charge is -2.32. The van der Waals surface area contributed by atoms with Crippen LogP contribution in [0.15, 0.2) is 170 Å². The lowest BCUT2D eigenvalue weighted by Crippen LogP contribution is -2.27. The molecule has 10 rings (SSSR count). The first-order chi connectivity index (χ1) is 31.5. The predicted molar refractivity (Wildman–Crippen MR) is 269 cm³/mol. The Morgan fingerprint density at radius 2 is 1.29 bits per heavy atom. The monoisotopic (exact) mass is 855 g/mol. The number of hydrogen-bond acceptors (Lipinski definition) is 4. The minimum atomic E-state index is -0.852. The molecule has 0 aliphatic carbocycles. The van der Waals surface area contributed by atoms with Crippen molar-refractivity contribution in [1.29, 1.82) is 0 Å². The Morgan fingerprint density at radius 3 is 2.05 bits per heavy atom. The molecule has 0 saturated carbocycles. The fourth-order valence-corrected chi connectivity index (χ4v) is 9.46. The van der Waals surface area contributed by atoms with Crippen LogP contribution in [0, 0.1) is 5.82 Å². The van der Waals surface area contributed by atoms with Crippen LogP contribution in [-0.2, 0) is 10.8 Å². The summed E-state index contributed by atoms with van der Waals surface area (Å²) in [7, 11) is 0. The molecule has 0 unspecified atom stereocenters. The van der Waals surface area contributed by atoms with Gasteiger partial charge < -0.3 is 14.5 Å². The molecule has 0 fully saturated rings. The SMILES string of the molecule is [2H]C(C)(C)c1ccccc1-c1cc(Oc2ccc3c4ccccc4n(-c4cc(C(C)(C)C)ccn4)c3c2)cc(N2CN(c3c(-c4ccc(F)cc4)cccc3C(C)(C)C)c3ccccc32)c1. The number of halogens is 1. The summed E-state index contributed by atoms with van der Waals surface area (Å²) in [6.07, 6.45) is 1.91. The molecule has 0 saturated heterocycles. The molecule has 6 heteroatoms. The van der Waals surface area contributed by atoms with Gasteiger partial charge in [-0.1, -0.05) is 140 Å². The van der Waals surface area contributed by atoms with Gasteiger partial charge in [-0.2, -0.15) is 0 Å². The number of nitrogens with zero attached hydrogens (tertiary/aromatic N) is 4. The van der Waals surface area contributed by atoms with Crippen LogP contribution in [0.3, 0.4) is 0 Å². The van der Waals surface area contributed by atoms with Gasteiger partial charge in [-0.25, -0.2) is 9.37 Å². The van der Waals surface area contributed by atoms with Gasteiger partial charge in [-0.15, -0.1) is 0 Å². The van der Waals surface area contributed by atoms with Gasteiger partial charge >= 0.3 is 0 Å². The Kier molecular flexibility index (Phi) is 10.1. The fraction of sp³-hybridized carbons (Fsp3) is 0.203. The van der Waals surface area contributed by atoms with Crippen molar-refractivity contribution in [2.24, 2.45) is 0 Å². The molecule has 7 aromatic carbocycles. The second-order valence-corrected chi connectivity index (χ2v) is 19.5. The highest BCUT2D eigenvalue weighted by Crippen LogP contribution is 2.51. The molecule has 0 amide bonds. The summed E-state index contributed by atoms with van der Waals surface area (Å²) in [6.45, 7) is 17.8. The molecule has 0 bridgehead atoms. The number of hydrogen-bond donors (Lipinski definition) is 0. The van der Waals surface area contributed by atoms with Crippen molar-refractivity contribution in [2.45, 2.75) is 72.1 Å². The summed E-state index contributed by atoms with van der Waals surface area (Å²) in [5.41, 5.74) is 13.3. The highest BCUT2D eigenvalue weighted by atomic mass is 19.1. The molecule has 3 heterocycles. The van der Waals surface area contributed by atoms with Crippen LogP contribution in [0.2, 0.25) is 0 Å². The Morgan fingerprint density at radius 1 is 0.600 bits per heavy atom. The van der Waals surface area contributed by atoms with E-state index in [1.165, 1.54) is 23.3 Å². The molecule has 0 atom stereocenters. The molecule has 0 radical (unpaired) electrons. The first kappa shape index (κ1) is 40.6. The van der Waals surface area contributed by atoms with Gasteiger partial charge in [0.15, 0.2) is 0 Å². The number of anilines is 4. The molecule has 0 N–H and O–H groups in total. The van der Waals surface area contributed by atoms with E-state index < -0.39 is 5.89 Å². The van der Waals surface area contributed by atoms with E-state index >= 15 is 0 Å². The highest BCUT2D eigenvalue weighted by Gasteiger charge is 2.34. The number of ether oxygens (including phenoxy) is 1. The smallest absolute Gasteiger partial charge is 0.137 e. The second kappa shape index (κ2) is 16.1. The van der Waals surface area contributed by atoms with Crippen molar-refractivity contribution in [3.8, 4) is 39.6 Å². The van der Waals surface area contributed by atoms with E-state index in [2.05, 4.69) is 183 Å². The van der Waals surface area contributed by atoms with E-state index in [4.69, 9.17) is 9.72 Å². The van der Waals surface area contributed by atoms with Gasteiger partial charge in [0.05, 0.1) is 28.1 Å². The number of aromatic nitrogens is 2. The summed E-state index contributed by atoms with van der Waals surface area (Å²) in [5.74, 6) is 1.12. The van der Waals surface area contributed by atoms with E-state index in [0.717, 1.165) is 78.2 Å². The van der Waals surface area contributed by atoms with Crippen LogP contribution >= 0.6 is 0 Å². The average molecular weight is 856 g/mol. The summed E-state index contributed by atoms with van der Waals surface area (Å²) < 4.78 is 32.8. The van der Waals surface area contributed by atoms with E-state index in [-0.39, 0.29) is 16.6 Å². The Labute approximate surface area is 383 Å². The fourth-order valence-electron chi connectivity index (χ4n) is 9.46. The number of fused-ring (bicyclic) bond motifs is 4. The number of rotatable bonds is 8. The van der Waals surface area contributed by atoms with Gasteiger partial charge in [0.2, 0.25) is 0 Å². The molecule has 324 valence electrons. The van der Waals surface area contributed by atoms with Crippen molar-refractivity contribution in [3.63, 3.8) is 0 Å². The van der Waals surface area contributed by atoms with E-state index in [1.807, 2.05) is 44.3 Å². The molecule has 9 aromatic rings. The predicted octanol–water partition coefficient (Wildman–Crippen LogP) is 16.4. The van der Waals surface area contributed by atoms with Crippen LogP contribution in [0.25, 0.3) is 49.9 Å². The van der Waals surface area contributed by atoms with Crippen LogP contribution in [0.5, 0.6) is 11.5 Å².